The van der Waals surface area contributed by atoms with Gasteiger partial charge in [-0.1, -0.05) is 23.2 Å². The van der Waals surface area contributed by atoms with Crippen LogP contribution in [0.25, 0.3) is 0 Å². The van der Waals surface area contributed by atoms with E-state index in [0.717, 1.165) is 0 Å². The van der Waals surface area contributed by atoms with Crippen LogP contribution in [0.1, 0.15) is 10.5 Å². The minimum absolute atomic E-state index is 0.105. The van der Waals surface area contributed by atoms with E-state index in [0.29, 0.717) is 15.2 Å². The zero-order valence-electron chi connectivity index (χ0n) is 8.58. The third-order valence-electron chi connectivity index (χ3n) is 2.01. The lowest BCUT2D eigenvalue weighted by molar-refractivity contribution is 0.101. The molecule has 0 atom stereocenters. The van der Waals surface area contributed by atoms with Gasteiger partial charge in [0.15, 0.2) is 0 Å². The van der Waals surface area contributed by atoms with Gasteiger partial charge in [0.05, 0.1) is 15.7 Å². The number of anilines is 2. The molecule has 0 aliphatic heterocycles. The van der Waals surface area contributed by atoms with Gasteiger partial charge in [-0.2, -0.15) is 0 Å². The highest BCUT2D eigenvalue weighted by Gasteiger charge is 2.18. The summed E-state index contributed by atoms with van der Waals surface area (Å²) in [7, 11) is 0. The molecule has 2 rings (SSSR count). The minimum atomic E-state index is -0.589. The molecule has 0 aliphatic rings. The van der Waals surface area contributed by atoms with Gasteiger partial charge in [-0.05, 0) is 38.4 Å². The lowest BCUT2D eigenvalue weighted by atomic mass is 10.3. The first kappa shape index (κ1) is 13.1. The maximum absolute atomic E-state index is 11.8. The Hall–Kier alpha value is -1.31. The van der Waals surface area contributed by atoms with Crippen LogP contribution in [0.15, 0.2) is 21.2 Å². The Morgan fingerprint density at radius 3 is 2.67 bits per heavy atom. The van der Waals surface area contributed by atoms with Crippen LogP contribution in [-0.2, 0) is 0 Å². The molecular weight excluding hydrogens is 347 g/mol. The number of nitrogens with two attached hydrogens (primary N) is 1. The SMILES string of the molecule is Nc1nonc1C(=O)Nc1ccc(Br)c(Cl)c1Cl. The Balaban J connectivity index is 2.28. The normalized spacial score (nSPS) is 10.4. The lowest BCUT2D eigenvalue weighted by Gasteiger charge is -2.07. The predicted octanol–water partition coefficient (Wildman–Crippen LogP) is 2.97. The van der Waals surface area contributed by atoms with Crippen LogP contribution >= 0.6 is 39.1 Å². The van der Waals surface area contributed by atoms with E-state index in [1.54, 1.807) is 12.1 Å². The largest absolute Gasteiger partial charge is 0.379 e. The Morgan fingerprint density at radius 2 is 2.06 bits per heavy atom. The van der Waals surface area contributed by atoms with Crippen LogP contribution < -0.4 is 11.1 Å². The fourth-order valence-electron chi connectivity index (χ4n) is 1.16. The molecule has 2 aromatic rings. The van der Waals surface area contributed by atoms with Crippen LogP contribution in [-0.4, -0.2) is 16.2 Å². The van der Waals surface area contributed by atoms with E-state index in [1.807, 2.05) is 0 Å². The maximum Gasteiger partial charge on any atom is 0.281 e. The molecular formula is C9H5BrCl2N4O2. The van der Waals surface area contributed by atoms with Crippen molar-refractivity contribution in [3.8, 4) is 0 Å². The summed E-state index contributed by atoms with van der Waals surface area (Å²) in [5.41, 5.74) is 5.60. The third-order valence-corrected chi connectivity index (χ3v) is 3.78. The summed E-state index contributed by atoms with van der Waals surface area (Å²) in [5.74, 6) is -0.694. The first-order valence-corrected chi connectivity index (χ1v) is 6.08. The number of carbonyl (C=O) groups excluding carboxylic acids is 1. The fourth-order valence-corrected chi connectivity index (χ4v) is 1.98. The van der Waals surface area contributed by atoms with Crippen LogP contribution in [0.3, 0.4) is 0 Å². The third kappa shape index (κ3) is 2.43. The van der Waals surface area contributed by atoms with Crippen molar-refractivity contribution >= 4 is 56.5 Å². The smallest absolute Gasteiger partial charge is 0.281 e. The molecule has 1 aromatic heterocycles. The van der Waals surface area contributed by atoms with E-state index >= 15 is 0 Å². The molecule has 9 heteroatoms. The van der Waals surface area contributed by atoms with Gasteiger partial charge in [-0.15, -0.1) is 0 Å². The molecule has 0 saturated carbocycles. The fraction of sp³-hybridized carbons (Fsp3) is 0. The highest BCUT2D eigenvalue weighted by atomic mass is 79.9. The van der Waals surface area contributed by atoms with E-state index in [9.17, 15) is 4.79 Å². The number of nitrogen functional groups attached to an aromatic ring is 1. The van der Waals surface area contributed by atoms with Crippen LogP contribution in [0.5, 0.6) is 0 Å². The summed E-state index contributed by atoms with van der Waals surface area (Å²) in [6.07, 6.45) is 0. The Kier molecular flexibility index (Phi) is 3.74. The van der Waals surface area contributed by atoms with E-state index < -0.39 is 5.91 Å². The second-order valence-corrected chi connectivity index (χ2v) is 4.79. The zero-order valence-corrected chi connectivity index (χ0v) is 11.7. The molecule has 0 radical (unpaired) electrons. The first-order valence-electron chi connectivity index (χ1n) is 4.53. The minimum Gasteiger partial charge on any atom is -0.379 e. The molecule has 1 aromatic carbocycles. The highest BCUT2D eigenvalue weighted by molar-refractivity contribution is 9.10. The molecule has 0 fully saturated rings. The molecule has 0 bridgehead atoms. The number of benzene rings is 1. The number of nitrogens with one attached hydrogen (secondary N) is 1. The molecule has 3 N–H and O–H groups in total. The van der Waals surface area contributed by atoms with Crippen molar-refractivity contribution in [3.05, 3.63) is 32.3 Å². The van der Waals surface area contributed by atoms with Gasteiger partial charge in [0.2, 0.25) is 11.5 Å². The van der Waals surface area contributed by atoms with Gasteiger partial charge in [0.25, 0.3) is 5.91 Å². The van der Waals surface area contributed by atoms with E-state index in [4.69, 9.17) is 28.9 Å². The maximum atomic E-state index is 11.8. The Labute approximate surface area is 120 Å². The molecule has 0 saturated heterocycles. The molecule has 0 aliphatic carbocycles. The Bertz CT molecular complexity index is 617. The highest BCUT2D eigenvalue weighted by Crippen LogP contribution is 2.35. The van der Waals surface area contributed by atoms with Gasteiger partial charge in [-0.3, -0.25) is 4.79 Å². The molecule has 6 nitrogen and oxygen atoms in total. The number of amides is 1. The van der Waals surface area contributed by atoms with Gasteiger partial charge in [0, 0.05) is 4.47 Å². The van der Waals surface area contributed by atoms with Crippen molar-refractivity contribution in [2.24, 2.45) is 0 Å². The molecule has 0 spiro atoms. The molecule has 1 amide bonds. The monoisotopic (exact) mass is 350 g/mol. The van der Waals surface area contributed by atoms with Crippen LogP contribution in [0.4, 0.5) is 11.5 Å². The average Bonchev–Trinajstić information content (AvgIpc) is 2.76. The van der Waals surface area contributed by atoms with Crippen molar-refractivity contribution in [3.63, 3.8) is 0 Å². The van der Waals surface area contributed by atoms with Crippen LogP contribution in [0, 0.1) is 0 Å². The molecule has 94 valence electrons. The summed E-state index contributed by atoms with van der Waals surface area (Å²) in [4.78, 5) is 11.8. The van der Waals surface area contributed by atoms with Crippen molar-refractivity contribution in [1.82, 2.24) is 10.3 Å². The number of hydrogen-bond acceptors (Lipinski definition) is 5. The zero-order chi connectivity index (χ0) is 13.3. The predicted molar refractivity (Wildman–Crippen MR) is 70.8 cm³/mol. The number of halogens is 3. The second kappa shape index (κ2) is 5.13. The van der Waals surface area contributed by atoms with E-state index in [-0.39, 0.29) is 16.5 Å². The summed E-state index contributed by atoms with van der Waals surface area (Å²) in [6.45, 7) is 0. The quantitative estimate of drug-likeness (QED) is 0.811. The van der Waals surface area contributed by atoms with Crippen molar-refractivity contribution in [2.45, 2.75) is 0 Å². The second-order valence-electron chi connectivity index (χ2n) is 3.18. The van der Waals surface area contributed by atoms with Crippen molar-refractivity contribution < 1.29 is 9.42 Å². The number of carbonyl (C=O) groups is 1. The number of nitrogens with zero attached hydrogens (tertiary/aromatic N) is 2. The van der Waals surface area contributed by atoms with Gasteiger partial charge < -0.3 is 11.1 Å². The summed E-state index contributed by atoms with van der Waals surface area (Å²) in [5, 5.41) is 9.67. The van der Waals surface area contributed by atoms with E-state index in [1.165, 1.54) is 0 Å². The summed E-state index contributed by atoms with van der Waals surface area (Å²) >= 11 is 15.1. The number of rotatable bonds is 2. The average molecular weight is 352 g/mol. The Morgan fingerprint density at radius 1 is 1.33 bits per heavy atom. The van der Waals surface area contributed by atoms with Crippen molar-refractivity contribution in [2.75, 3.05) is 11.1 Å². The summed E-state index contributed by atoms with van der Waals surface area (Å²) in [6, 6.07) is 3.23. The lowest BCUT2D eigenvalue weighted by Crippen LogP contribution is -2.14. The van der Waals surface area contributed by atoms with Crippen LogP contribution in [0.2, 0.25) is 10.0 Å². The van der Waals surface area contributed by atoms with Gasteiger partial charge >= 0.3 is 0 Å². The van der Waals surface area contributed by atoms with Gasteiger partial charge in [-0.25, -0.2) is 4.63 Å². The van der Waals surface area contributed by atoms with E-state index in [2.05, 4.69) is 36.2 Å². The molecule has 18 heavy (non-hydrogen) atoms. The topological polar surface area (TPSA) is 94.0 Å². The number of aromatic nitrogens is 2. The van der Waals surface area contributed by atoms with Crippen molar-refractivity contribution in [1.29, 1.82) is 0 Å². The summed E-state index contributed by atoms with van der Waals surface area (Å²) < 4.78 is 4.94. The number of hydrogen-bond donors (Lipinski definition) is 2. The molecule has 1 heterocycles. The first-order chi connectivity index (χ1) is 8.50. The standard InChI is InChI=1S/C9H5BrCl2N4O2/c10-3-1-2-4(6(12)5(3)11)14-9(17)7-8(13)16-18-15-7/h1-2H,(H2,13,16)(H,14,17). The molecule has 0 unspecified atom stereocenters. The van der Waals surface area contributed by atoms with Gasteiger partial charge in [0.1, 0.15) is 0 Å².